The first-order valence-corrected chi connectivity index (χ1v) is 11.4. The van der Waals surface area contributed by atoms with Gasteiger partial charge in [-0.1, -0.05) is 18.2 Å². The van der Waals surface area contributed by atoms with E-state index in [4.69, 9.17) is 0 Å². The third-order valence-corrected chi connectivity index (χ3v) is 6.61. The van der Waals surface area contributed by atoms with Crippen molar-refractivity contribution in [2.75, 3.05) is 0 Å². The summed E-state index contributed by atoms with van der Waals surface area (Å²) in [6, 6.07) is 11.8. The van der Waals surface area contributed by atoms with E-state index in [0.29, 0.717) is 17.0 Å². The zero-order valence-corrected chi connectivity index (χ0v) is 19.4. The first-order valence-electron chi connectivity index (χ1n) is 11.4. The van der Waals surface area contributed by atoms with Gasteiger partial charge in [-0.15, -0.1) is 0 Å². The fraction of sp³-hybridized carbons (Fsp3) is 0.320. The standard InChI is InChI=1S/C25H22F4N6O/c1-13-6-3-8-15(26)19(13)17-12-14-7-5-11-24(2,20(14)33-32-17)18-10-4-9-16(30-18)22-31-23(35-34-22)21(36)25(27,28)29/h3-4,6,8-10,12,21,36H,5,7,11H2,1-2H3,(H,31,34,35)/t21-,24-/m1/s1. The Labute approximate surface area is 203 Å². The van der Waals surface area contributed by atoms with Gasteiger partial charge in [0.15, 0.2) is 11.6 Å². The molecule has 0 radical (unpaired) electrons. The van der Waals surface area contributed by atoms with Gasteiger partial charge in [0.25, 0.3) is 0 Å². The number of aliphatic hydroxyl groups is 1. The number of aromatic nitrogens is 6. The molecule has 2 atom stereocenters. The second-order valence-corrected chi connectivity index (χ2v) is 9.12. The van der Waals surface area contributed by atoms with E-state index < -0.39 is 23.5 Å². The van der Waals surface area contributed by atoms with E-state index in [1.807, 2.05) is 32.0 Å². The quantitative estimate of drug-likeness (QED) is 0.384. The largest absolute Gasteiger partial charge is 0.421 e. The van der Waals surface area contributed by atoms with Crippen molar-refractivity contribution in [3.63, 3.8) is 0 Å². The van der Waals surface area contributed by atoms with Crippen LogP contribution in [0.2, 0.25) is 0 Å². The fourth-order valence-electron chi connectivity index (χ4n) is 4.70. The smallest absolute Gasteiger partial charge is 0.377 e. The first-order chi connectivity index (χ1) is 17.1. The van der Waals surface area contributed by atoms with Crippen molar-refractivity contribution in [2.45, 2.75) is 50.8 Å². The maximum atomic E-state index is 14.5. The van der Waals surface area contributed by atoms with Crippen LogP contribution >= 0.6 is 0 Å². The first kappa shape index (κ1) is 24.0. The zero-order chi connectivity index (χ0) is 25.7. The van der Waals surface area contributed by atoms with Gasteiger partial charge in [-0.25, -0.2) is 14.4 Å². The molecular formula is C25H22F4N6O. The number of hydrogen-bond acceptors (Lipinski definition) is 6. The molecule has 0 bridgehead atoms. The molecule has 186 valence electrons. The lowest BCUT2D eigenvalue weighted by Gasteiger charge is -2.34. The minimum Gasteiger partial charge on any atom is -0.377 e. The Morgan fingerprint density at radius 2 is 1.83 bits per heavy atom. The molecule has 0 aliphatic heterocycles. The number of fused-ring (bicyclic) bond motifs is 1. The highest BCUT2D eigenvalue weighted by atomic mass is 19.4. The molecule has 1 aliphatic carbocycles. The highest BCUT2D eigenvalue weighted by Gasteiger charge is 2.42. The third kappa shape index (κ3) is 4.13. The summed E-state index contributed by atoms with van der Waals surface area (Å²) in [5.74, 6) is -1.13. The summed E-state index contributed by atoms with van der Waals surface area (Å²) < 4.78 is 53.1. The maximum absolute atomic E-state index is 14.5. The lowest BCUT2D eigenvalue weighted by molar-refractivity contribution is -0.209. The number of hydrogen-bond donors (Lipinski definition) is 2. The van der Waals surface area contributed by atoms with Crippen LogP contribution in [0.3, 0.4) is 0 Å². The number of H-pyrrole nitrogens is 1. The molecule has 4 aromatic rings. The molecule has 1 aromatic carbocycles. The molecule has 3 aromatic heterocycles. The van der Waals surface area contributed by atoms with Crippen LogP contribution in [0, 0.1) is 12.7 Å². The summed E-state index contributed by atoms with van der Waals surface area (Å²) in [5, 5.41) is 24.3. The van der Waals surface area contributed by atoms with Gasteiger partial charge in [0.05, 0.1) is 22.5 Å². The zero-order valence-electron chi connectivity index (χ0n) is 19.4. The van der Waals surface area contributed by atoms with Gasteiger partial charge in [0, 0.05) is 5.56 Å². The Bertz CT molecular complexity index is 1420. The molecule has 0 unspecified atom stereocenters. The summed E-state index contributed by atoms with van der Waals surface area (Å²) in [4.78, 5) is 8.44. The second-order valence-electron chi connectivity index (χ2n) is 9.12. The van der Waals surface area contributed by atoms with Gasteiger partial charge in [0.2, 0.25) is 6.10 Å². The van der Waals surface area contributed by atoms with Gasteiger partial charge in [-0.05, 0) is 68.5 Å². The van der Waals surface area contributed by atoms with E-state index in [1.54, 1.807) is 18.2 Å². The van der Waals surface area contributed by atoms with E-state index in [9.17, 15) is 22.7 Å². The number of benzene rings is 1. The SMILES string of the molecule is Cc1cccc(F)c1-c1cc2c(nn1)[C@@](C)(c1cccc(-c3n[nH]c([C@@H](O)C(F)(F)F)n3)n1)CCC2. The van der Waals surface area contributed by atoms with Crippen LogP contribution in [-0.2, 0) is 11.8 Å². The second kappa shape index (κ2) is 8.74. The number of halogens is 4. The summed E-state index contributed by atoms with van der Waals surface area (Å²) in [6.45, 7) is 3.80. The van der Waals surface area contributed by atoms with Crippen molar-refractivity contribution in [2.24, 2.45) is 0 Å². The molecule has 3 heterocycles. The number of aryl methyl sites for hydroxylation is 2. The predicted octanol–water partition coefficient (Wildman–Crippen LogP) is 5.01. The predicted molar refractivity (Wildman–Crippen MR) is 122 cm³/mol. The average molecular weight is 498 g/mol. The van der Waals surface area contributed by atoms with E-state index in [0.717, 1.165) is 36.1 Å². The number of aromatic amines is 1. The Hall–Kier alpha value is -3.73. The monoisotopic (exact) mass is 498 g/mol. The minimum atomic E-state index is -4.87. The van der Waals surface area contributed by atoms with Crippen molar-refractivity contribution in [1.29, 1.82) is 0 Å². The fourth-order valence-corrected chi connectivity index (χ4v) is 4.70. The Morgan fingerprint density at radius 1 is 1.06 bits per heavy atom. The molecule has 11 heteroatoms. The average Bonchev–Trinajstić information content (AvgIpc) is 3.33. The number of nitrogens with one attached hydrogen (secondary N) is 1. The molecule has 7 nitrogen and oxygen atoms in total. The number of pyridine rings is 1. The molecule has 0 saturated heterocycles. The van der Waals surface area contributed by atoms with Crippen molar-refractivity contribution in [3.05, 3.63) is 76.6 Å². The van der Waals surface area contributed by atoms with Gasteiger partial charge in [0.1, 0.15) is 11.5 Å². The van der Waals surface area contributed by atoms with Gasteiger partial charge < -0.3 is 5.11 Å². The number of aliphatic hydroxyl groups excluding tert-OH is 1. The van der Waals surface area contributed by atoms with Crippen LogP contribution in [0.1, 0.15) is 54.2 Å². The number of alkyl halides is 3. The van der Waals surface area contributed by atoms with E-state index in [1.165, 1.54) is 6.07 Å². The summed E-state index contributed by atoms with van der Waals surface area (Å²) >= 11 is 0. The van der Waals surface area contributed by atoms with Crippen molar-refractivity contribution in [1.82, 2.24) is 30.4 Å². The van der Waals surface area contributed by atoms with Crippen LogP contribution in [0.4, 0.5) is 17.6 Å². The van der Waals surface area contributed by atoms with E-state index in [2.05, 4.69) is 30.4 Å². The summed E-state index contributed by atoms with van der Waals surface area (Å²) in [5.41, 5.74) is 3.56. The van der Waals surface area contributed by atoms with Crippen LogP contribution in [0.15, 0.2) is 42.5 Å². The minimum absolute atomic E-state index is 0.0637. The highest BCUT2D eigenvalue weighted by Crippen LogP contribution is 2.42. The molecule has 0 fully saturated rings. The Kier molecular flexibility index (Phi) is 5.82. The highest BCUT2D eigenvalue weighted by molar-refractivity contribution is 5.65. The van der Waals surface area contributed by atoms with Crippen molar-refractivity contribution < 1.29 is 22.7 Å². The normalized spacial score (nSPS) is 18.6. The molecule has 0 amide bonds. The third-order valence-electron chi connectivity index (χ3n) is 6.61. The molecule has 5 rings (SSSR count). The van der Waals surface area contributed by atoms with Crippen LogP contribution in [-0.4, -0.2) is 41.6 Å². The summed E-state index contributed by atoms with van der Waals surface area (Å²) in [6.07, 6.45) is -5.34. The lowest BCUT2D eigenvalue weighted by Crippen LogP contribution is -2.32. The van der Waals surface area contributed by atoms with Gasteiger partial charge in [-0.2, -0.15) is 28.5 Å². The number of nitrogens with zero attached hydrogens (tertiary/aromatic N) is 5. The van der Waals surface area contributed by atoms with E-state index >= 15 is 0 Å². The van der Waals surface area contributed by atoms with Crippen molar-refractivity contribution >= 4 is 0 Å². The van der Waals surface area contributed by atoms with Gasteiger partial charge >= 0.3 is 6.18 Å². The summed E-state index contributed by atoms with van der Waals surface area (Å²) in [7, 11) is 0. The molecule has 2 N–H and O–H groups in total. The molecule has 0 saturated carbocycles. The molecular weight excluding hydrogens is 476 g/mol. The van der Waals surface area contributed by atoms with Crippen LogP contribution < -0.4 is 0 Å². The Balaban J connectivity index is 1.52. The topological polar surface area (TPSA) is 100 Å². The van der Waals surface area contributed by atoms with Gasteiger partial charge in [-0.3, -0.25) is 5.10 Å². The van der Waals surface area contributed by atoms with E-state index in [-0.39, 0.29) is 17.3 Å². The van der Waals surface area contributed by atoms with Crippen molar-refractivity contribution in [3.8, 4) is 22.8 Å². The molecule has 0 spiro atoms. The van der Waals surface area contributed by atoms with Crippen LogP contribution in [0.5, 0.6) is 0 Å². The lowest BCUT2D eigenvalue weighted by atomic mass is 9.72. The van der Waals surface area contributed by atoms with Crippen LogP contribution in [0.25, 0.3) is 22.8 Å². The maximum Gasteiger partial charge on any atom is 0.421 e. The number of rotatable bonds is 4. The molecule has 36 heavy (non-hydrogen) atoms. The Morgan fingerprint density at radius 3 is 2.58 bits per heavy atom. The molecule has 1 aliphatic rings.